The van der Waals surface area contributed by atoms with Gasteiger partial charge in [0.25, 0.3) is 0 Å². The van der Waals surface area contributed by atoms with Crippen LogP contribution in [0.4, 0.5) is 11.4 Å². The third kappa shape index (κ3) is 4.07. The number of aliphatic hydroxyl groups excluding tert-OH is 1. The molecule has 18 heavy (non-hydrogen) atoms. The van der Waals surface area contributed by atoms with E-state index in [1.807, 2.05) is 23.6 Å². The van der Waals surface area contributed by atoms with E-state index in [0.29, 0.717) is 6.54 Å². The van der Waals surface area contributed by atoms with Crippen LogP contribution in [0.5, 0.6) is 0 Å². The summed E-state index contributed by atoms with van der Waals surface area (Å²) in [6, 6.07) is 7.80. The van der Waals surface area contributed by atoms with E-state index in [9.17, 15) is 0 Å². The molecule has 0 aliphatic carbocycles. The van der Waals surface area contributed by atoms with E-state index in [-0.39, 0.29) is 31.4 Å². The molecule has 0 saturated carbocycles. The average molecular weight is 307 g/mol. The topological polar surface area (TPSA) is 58.3 Å². The van der Waals surface area contributed by atoms with Gasteiger partial charge in [-0.25, -0.2) is 0 Å². The minimum absolute atomic E-state index is 0. The lowest BCUT2D eigenvalue weighted by molar-refractivity contribution is 0.311. The molecule has 0 unspecified atom stereocenters. The molecule has 0 aliphatic heterocycles. The molecule has 4 N–H and O–H groups in total. The summed E-state index contributed by atoms with van der Waals surface area (Å²) in [5.74, 6) is 0. The minimum atomic E-state index is 0. The maximum absolute atomic E-state index is 8.82. The predicted molar refractivity (Wildman–Crippen MR) is 84.2 cm³/mol. The SMILES string of the molecule is Cl.Cl.Nc1ccc(NCCO)c(-c2ccsc2)c1. The summed E-state index contributed by atoms with van der Waals surface area (Å²) in [5.41, 5.74) is 9.77. The third-order valence-electron chi connectivity index (χ3n) is 2.30. The van der Waals surface area contributed by atoms with Gasteiger partial charge in [-0.2, -0.15) is 11.3 Å². The number of halogens is 2. The summed E-state index contributed by atoms with van der Waals surface area (Å²) in [5, 5.41) is 16.1. The van der Waals surface area contributed by atoms with Gasteiger partial charge in [0.05, 0.1) is 6.61 Å². The molecule has 2 rings (SSSR count). The molecular formula is C12H16Cl2N2OS. The molecule has 3 nitrogen and oxygen atoms in total. The van der Waals surface area contributed by atoms with Crippen LogP contribution >= 0.6 is 36.2 Å². The number of hydrogen-bond donors (Lipinski definition) is 3. The Morgan fingerprint density at radius 1 is 1.22 bits per heavy atom. The van der Waals surface area contributed by atoms with Gasteiger partial charge in [-0.3, -0.25) is 0 Å². The van der Waals surface area contributed by atoms with Crippen LogP contribution in [0.2, 0.25) is 0 Å². The Hall–Kier alpha value is -0.940. The van der Waals surface area contributed by atoms with Gasteiger partial charge in [-0.1, -0.05) is 0 Å². The van der Waals surface area contributed by atoms with Gasteiger partial charge in [0.15, 0.2) is 0 Å². The number of aliphatic hydroxyl groups is 1. The molecule has 0 aliphatic rings. The van der Waals surface area contributed by atoms with E-state index in [4.69, 9.17) is 10.8 Å². The number of nitrogen functional groups attached to an aromatic ring is 1. The molecule has 1 aromatic carbocycles. The maximum atomic E-state index is 8.82. The second kappa shape index (κ2) is 8.21. The Bertz CT molecular complexity index is 463. The number of rotatable bonds is 4. The van der Waals surface area contributed by atoms with Crippen LogP contribution in [0, 0.1) is 0 Å². The number of nitrogens with one attached hydrogen (secondary N) is 1. The summed E-state index contributed by atoms with van der Waals surface area (Å²) < 4.78 is 0. The molecule has 0 fully saturated rings. The Morgan fingerprint density at radius 3 is 2.61 bits per heavy atom. The van der Waals surface area contributed by atoms with Gasteiger partial charge in [0, 0.05) is 23.5 Å². The van der Waals surface area contributed by atoms with Crippen molar-refractivity contribution in [1.29, 1.82) is 0 Å². The number of thiophene rings is 1. The van der Waals surface area contributed by atoms with Gasteiger partial charge in [-0.05, 0) is 40.6 Å². The van der Waals surface area contributed by atoms with Crippen molar-refractivity contribution in [2.75, 3.05) is 24.2 Å². The van der Waals surface area contributed by atoms with Gasteiger partial charge >= 0.3 is 0 Å². The zero-order valence-corrected chi connectivity index (χ0v) is 12.1. The first kappa shape index (κ1) is 17.1. The molecule has 6 heteroatoms. The van der Waals surface area contributed by atoms with Crippen molar-refractivity contribution < 1.29 is 5.11 Å². The Labute approximate surface area is 123 Å². The van der Waals surface area contributed by atoms with Crippen molar-refractivity contribution >= 4 is 47.5 Å². The van der Waals surface area contributed by atoms with Crippen molar-refractivity contribution in [1.82, 2.24) is 0 Å². The molecule has 100 valence electrons. The van der Waals surface area contributed by atoms with Crippen LogP contribution < -0.4 is 11.1 Å². The minimum Gasteiger partial charge on any atom is -0.399 e. The summed E-state index contributed by atoms with van der Waals surface area (Å²) in [7, 11) is 0. The number of nitrogens with two attached hydrogens (primary N) is 1. The van der Waals surface area contributed by atoms with E-state index in [0.717, 1.165) is 22.5 Å². The number of benzene rings is 1. The van der Waals surface area contributed by atoms with E-state index in [2.05, 4.69) is 16.8 Å². The summed E-state index contributed by atoms with van der Waals surface area (Å²) in [6.07, 6.45) is 0. The molecule has 1 aromatic heterocycles. The lowest BCUT2D eigenvalue weighted by Crippen LogP contribution is -2.06. The van der Waals surface area contributed by atoms with E-state index in [1.165, 1.54) is 0 Å². The zero-order chi connectivity index (χ0) is 11.4. The van der Waals surface area contributed by atoms with Crippen molar-refractivity contribution in [2.45, 2.75) is 0 Å². The molecular weight excluding hydrogens is 291 g/mol. The largest absolute Gasteiger partial charge is 0.399 e. The Kier molecular flexibility index (Phi) is 7.78. The second-order valence-corrected chi connectivity index (χ2v) is 4.25. The van der Waals surface area contributed by atoms with Crippen molar-refractivity contribution in [3.8, 4) is 11.1 Å². The molecule has 0 amide bonds. The van der Waals surface area contributed by atoms with Gasteiger partial charge in [0.2, 0.25) is 0 Å². The summed E-state index contributed by atoms with van der Waals surface area (Å²) in [6.45, 7) is 0.661. The van der Waals surface area contributed by atoms with Crippen LogP contribution in [0.1, 0.15) is 0 Å². The fraction of sp³-hybridized carbons (Fsp3) is 0.167. The van der Waals surface area contributed by atoms with Crippen LogP contribution in [-0.4, -0.2) is 18.3 Å². The average Bonchev–Trinajstić information content (AvgIpc) is 2.80. The summed E-state index contributed by atoms with van der Waals surface area (Å²) in [4.78, 5) is 0. The van der Waals surface area contributed by atoms with Crippen molar-refractivity contribution in [3.63, 3.8) is 0 Å². The van der Waals surface area contributed by atoms with Crippen LogP contribution in [-0.2, 0) is 0 Å². The highest BCUT2D eigenvalue weighted by molar-refractivity contribution is 7.08. The van der Waals surface area contributed by atoms with Gasteiger partial charge in [0.1, 0.15) is 0 Å². The third-order valence-corrected chi connectivity index (χ3v) is 2.99. The lowest BCUT2D eigenvalue weighted by Gasteiger charge is -2.11. The zero-order valence-electron chi connectivity index (χ0n) is 9.63. The smallest absolute Gasteiger partial charge is 0.0604 e. The monoisotopic (exact) mass is 306 g/mol. The first-order valence-corrected chi connectivity index (χ1v) is 6.02. The van der Waals surface area contributed by atoms with Crippen LogP contribution in [0.3, 0.4) is 0 Å². The van der Waals surface area contributed by atoms with Crippen molar-refractivity contribution in [2.24, 2.45) is 0 Å². The normalized spacial score (nSPS) is 9.17. The molecule has 2 aromatic rings. The molecule has 0 atom stereocenters. The first-order valence-electron chi connectivity index (χ1n) is 5.08. The molecule has 1 heterocycles. The predicted octanol–water partition coefficient (Wildman–Crippen LogP) is 3.25. The summed E-state index contributed by atoms with van der Waals surface area (Å²) >= 11 is 1.65. The Balaban J connectivity index is 0.00000144. The van der Waals surface area contributed by atoms with Crippen molar-refractivity contribution in [3.05, 3.63) is 35.0 Å². The highest BCUT2D eigenvalue weighted by Gasteiger charge is 2.05. The highest BCUT2D eigenvalue weighted by atomic mass is 35.5. The highest BCUT2D eigenvalue weighted by Crippen LogP contribution is 2.31. The van der Waals surface area contributed by atoms with E-state index >= 15 is 0 Å². The Morgan fingerprint density at radius 2 is 2.00 bits per heavy atom. The molecule has 0 bridgehead atoms. The first-order chi connectivity index (χ1) is 7.81. The molecule has 0 radical (unpaired) electrons. The van der Waals surface area contributed by atoms with Crippen LogP contribution in [0.15, 0.2) is 35.0 Å². The van der Waals surface area contributed by atoms with Crippen LogP contribution in [0.25, 0.3) is 11.1 Å². The van der Waals surface area contributed by atoms with Gasteiger partial charge in [-0.15, -0.1) is 24.8 Å². The fourth-order valence-electron chi connectivity index (χ4n) is 1.56. The van der Waals surface area contributed by atoms with E-state index in [1.54, 1.807) is 11.3 Å². The number of anilines is 2. The molecule has 0 saturated heterocycles. The fourth-order valence-corrected chi connectivity index (χ4v) is 2.22. The maximum Gasteiger partial charge on any atom is 0.0604 e. The lowest BCUT2D eigenvalue weighted by atomic mass is 10.1. The second-order valence-electron chi connectivity index (χ2n) is 3.47. The van der Waals surface area contributed by atoms with E-state index < -0.39 is 0 Å². The standard InChI is InChI=1S/C12H14N2OS.2ClH/c13-10-1-2-12(14-4-5-15)11(7-10)9-3-6-16-8-9;;/h1-3,6-8,14-15H,4-5,13H2;2*1H. The number of hydrogen-bond acceptors (Lipinski definition) is 4. The quantitative estimate of drug-likeness (QED) is 0.760. The van der Waals surface area contributed by atoms with Gasteiger partial charge < -0.3 is 16.2 Å². The molecule has 0 spiro atoms.